The number of methoxy groups -OCH3 is 1. The van der Waals surface area contributed by atoms with Gasteiger partial charge in [-0.2, -0.15) is 0 Å². The molecule has 3 aromatic rings. The molecule has 1 amide bonds. The summed E-state index contributed by atoms with van der Waals surface area (Å²) in [5.41, 5.74) is 2.17. The second-order valence-corrected chi connectivity index (χ2v) is 7.41. The molecule has 0 unspecified atom stereocenters. The lowest BCUT2D eigenvalue weighted by Crippen LogP contribution is -2.34. The smallest absolute Gasteiger partial charge is 0.230 e. The van der Waals surface area contributed by atoms with Gasteiger partial charge in [0, 0.05) is 12.1 Å². The number of rotatable bonds is 9. The SMILES string of the molecule is COc1cccc(-n2cnnc2SCC(=O)N[C@@H](C)CCc2ccccc2)c1. The number of benzene rings is 2. The Hall–Kier alpha value is -2.80. The lowest BCUT2D eigenvalue weighted by molar-refractivity contribution is -0.119. The van der Waals surface area contributed by atoms with E-state index >= 15 is 0 Å². The van der Waals surface area contributed by atoms with E-state index in [4.69, 9.17) is 4.74 Å². The maximum absolute atomic E-state index is 12.3. The number of thioether (sulfide) groups is 1. The first kappa shape index (κ1) is 19.9. The number of hydrogen-bond acceptors (Lipinski definition) is 5. The van der Waals surface area contributed by atoms with Crippen LogP contribution in [0.4, 0.5) is 0 Å². The Balaban J connectivity index is 1.50. The standard InChI is InChI=1S/C21H24N4O2S/c1-16(11-12-17-7-4-3-5-8-17)23-20(26)14-28-21-24-22-15-25(21)18-9-6-10-19(13-18)27-2/h3-10,13,15-16H,11-12,14H2,1-2H3,(H,23,26)/t16-/m0/s1. The third-order valence-electron chi connectivity index (χ3n) is 4.30. The third kappa shape index (κ3) is 5.60. The molecule has 1 aromatic heterocycles. The number of carbonyl (C=O) groups excluding carboxylic acids is 1. The van der Waals surface area contributed by atoms with Gasteiger partial charge in [-0.1, -0.05) is 48.2 Å². The van der Waals surface area contributed by atoms with Crippen LogP contribution in [0.2, 0.25) is 0 Å². The van der Waals surface area contributed by atoms with Gasteiger partial charge in [0.15, 0.2) is 5.16 Å². The molecule has 1 heterocycles. The highest BCUT2D eigenvalue weighted by Crippen LogP contribution is 2.22. The van der Waals surface area contributed by atoms with Crippen LogP contribution in [0.3, 0.4) is 0 Å². The van der Waals surface area contributed by atoms with Gasteiger partial charge in [-0.15, -0.1) is 10.2 Å². The van der Waals surface area contributed by atoms with Crippen molar-refractivity contribution >= 4 is 17.7 Å². The summed E-state index contributed by atoms with van der Waals surface area (Å²) < 4.78 is 7.11. The fraction of sp³-hybridized carbons (Fsp3) is 0.286. The Morgan fingerprint density at radius 1 is 1.21 bits per heavy atom. The van der Waals surface area contributed by atoms with Crippen molar-refractivity contribution in [3.63, 3.8) is 0 Å². The second-order valence-electron chi connectivity index (χ2n) is 6.47. The number of nitrogens with zero attached hydrogens (tertiary/aromatic N) is 3. The van der Waals surface area contributed by atoms with Crippen molar-refractivity contribution < 1.29 is 9.53 Å². The summed E-state index contributed by atoms with van der Waals surface area (Å²) in [4.78, 5) is 12.3. The molecule has 146 valence electrons. The topological polar surface area (TPSA) is 69.0 Å². The molecule has 2 aromatic carbocycles. The molecular weight excluding hydrogens is 372 g/mol. The molecule has 1 N–H and O–H groups in total. The van der Waals surface area contributed by atoms with Crippen molar-refractivity contribution in [3.8, 4) is 11.4 Å². The molecule has 0 aliphatic rings. The molecule has 0 radical (unpaired) electrons. The normalized spacial score (nSPS) is 11.8. The van der Waals surface area contributed by atoms with E-state index in [2.05, 4.69) is 27.6 Å². The summed E-state index contributed by atoms with van der Waals surface area (Å²) in [6.07, 6.45) is 3.48. The lowest BCUT2D eigenvalue weighted by atomic mass is 10.1. The van der Waals surface area contributed by atoms with Gasteiger partial charge in [0.2, 0.25) is 5.91 Å². The summed E-state index contributed by atoms with van der Waals surface area (Å²) in [5, 5.41) is 11.8. The quantitative estimate of drug-likeness (QED) is 0.561. The predicted molar refractivity (Wildman–Crippen MR) is 111 cm³/mol. The number of ether oxygens (including phenoxy) is 1. The molecule has 0 bridgehead atoms. The zero-order valence-corrected chi connectivity index (χ0v) is 16.9. The number of amides is 1. The molecule has 28 heavy (non-hydrogen) atoms. The Morgan fingerprint density at radius 3 is 2.82 bits per heavy atom. The summed E-state index contributed by atoms with van der Waals surface area (Å²) in [6, 6.07) is 18.0. The maximum atomic E-state index is 12.3. The summed E-state index contributed by atoms with van der Waals surface area (Å²) in [6.45, 7) is 2.03. The highest BCUT2D eigenvalue weighted by Gasteiger charge is 2.12. The number of carbonyl (C=O) groups is 1. The molecule has 0 spiro atoms. The van der Waals surface area contributed by atoms with E-state index in [9.17, 15) is 4.79 Å². The molecule has 0 aliphatic carbocycles. The molecule has 3 rings (SSSR count). The number of aryl methyl sites for hydroxylation is 1. The van der Waals surface area contributed by atoms with Gasteiger partial charge in [0.1, 0.15) is 12.1 Å². The van der Waals surface area contributed by atoms with Crippen molar-refractivity contribution in [2.45, 2.75) is 31.0 Å². The van der Waals surface area contributed by atoms with E-state index < -0.39 is 0 Å². The fourth-order valence-corrected chi connectivity index (χ4v) is 3.55. The van der Waals surface area contributed by atoms with Crippen LogP contribution in [0.1, 0.15) is 18.9 Å². The Kier molecular flexibility index (Phi) is 7.08. The van der Waals surface area contributed by atoms with E-state index in [0.717, 1.165) is 24.3 Å². The fourth-order valence-electron chi connectivity index (χ4n) is 2.81. The van der Waals surface area contributed by atoms with Gasteiger partial charge in [-0.05, 0) is 37.5 Å². The predicted octanol–water partition coefficient (Wildman–Crippen LogP) is 3.51. The summed E-state index contributed by atoms with van der Waals surface area (Å²) in [5.74, 6) is 1.04. The molecule has 0 aliphatic heterocycles. The highest BCUT2D eigenvalue weighted by molar-refractivity contribution is 7.99. The van der Waals surface area contributed by atoms with Crippen molar-refractivity contribution in [2.75, 3.05) is 12.9 Å². The molecule has 0 fully saturated rings. The average molecular weight is 397 g/mol. The van der Waals surface area contributed by atoms with Crippen molar-refractivity contribution in [1.82, 2.24) is 20.1 Å². The zero-order chi connectivity index (χ0) is 19.8. The van der Waals surface area contributed by atoms with Crippen LogP contribution >= 0.6 is 11.8 Å². The first-order chi connectivity index (χ1) is 13.7. The van der Waals surface area contributed by atoms with Crippen LogP contribution in [0.25, 0.3) is 5.69 Å². The van der Waals surface area contributed by atoms with Crippen LogP contribution in [0, 0.1) is 0 Å². The van der Waals surface area contributed by atoms with Gasteiger partial charge in [-0.25, -0.2) is 0 Å². The van der Waals surface area contributed by atoms with E-state index in [0.29, 0.717) is 10.9 Å². The molecule has 0 saturated heterocycles. The third-order valence-corrected chi connectivity index (χ3v) is 5.24. The Labute approximate surface area is 169 Å². The van der Waals surface area contributed by atoms with Gasteiger partial charge >= 0.3 is 0 Å². The first-order valence-electron chi connectivity index (χ1n) is 9.16. The zero-order valence-electron chi connectivity index (χ0n) is 16.0. The van der Waals surface area contributed by atoms with Crippen LogP contribution in [0.15, 0.2) is 66.1 Å². The van der Waals surface area contributed by atoms with Gasteiger partial charge in [0.25, 0.3) is 0 Å². The van der Waals surface area contributed by atoms with Crippen molar-refractivity contribution in [1.29, 1.82) is 0 Å². The minimum atomic E-state index is -0.00856. The maximum Gasteiger partial charge on any atom is 0.230 e. The summed E-state index contributed by atoms with van der Waals surface area (Å²) >= 11 is 1.36. The number of aromatic nitrogens is 3. The summed E-state index contributed by atoms with van der Waals surface area (Å²) in [7, 11) is 1.63. The van der Waals surface area contributed by atoms with Gasteiger partial charge < -0.3 is 10.1 Å². The van der Waals surface area contributed by atoms with E-state index in [-0.39, 0.29) is 11.9 Å². The van der Waals surface area contributed by atoms with Gasteiger partial charge in [0.05, 0.1) is 18.6 Å². The van der Waals surface area contributed by atoms with E-state index in [1.165, 1.54) is 17.3 Å². The van der Waals surface area contributed by atoms with Crippen LogP contribution in [0.5, 0.6) is 5.75 Å². The number of hydrogen-bond donors (Lipinski definition) is 1. The molecule has 0 saturated carbocycles. The second kappa shape index (κ2) is 9.94. The van der Waals surface area contributed by atoms with Crippen molar-refractivity contribution in [2.24, 2.45) is 0 Å². The first-order valence-corrected chi connectivity index (χ1v) is 10.1. The molecule has 6 nitrogen and oxygen atoms in total. The Morgan fingerprint density at radius 2 is 2.04 bits per heavy atom. The minimum Gasteiger partial charge on any atom is -0.497 e. The van der Waals surface area contributed by atoms with Crippen LogP contribution < -0.4 is 10.1 Å². The van der Waals surface area contributed by atoms with E-state index in [1.807, 2.05) is 54.0 Å². The van der Waals surface area contributed by atoms with Crippen LogP contribution in [-0.2, 0) is 11.2 Å². The number of nitrogens with one attached hydrogen (secondary N) is 1. The van der Waals surface area contributed by atoms with Gasteiger partial charge in [-0.3, -0.25) is 9.36 Å². The molecule has 7 heteroatoms. The van der Waals surface area contributed by atoms with Crippen molar-refractivity contribution in [3.05, 3.63) is 66.5 Å². The monoisotopic (exact) mass is 396 g/mol. The Bertz CT molecular complexity index is 898. The van der Waals surface area contributed by atoms with Crippen LogP contribution in [-0.4, -0.2) is 39.6 Å². The highest BCUT2D eigenvalue weighted by atomic mass is 32.2. The molecule has 1 atom stereocenters. The lowest BCUT2D eigenvalue weighted by Gasteiger charge is -2.14. The van der Waals surface area contributed by atoms with E-state index in [1.54, 1.807) is 13.4 Å². The minimum absolute atomic E-state index is 0.00856. The molecular formula is C21H24N4O2S. The average Bonchev–Trinajstić information content (AvgIpc) is 3.20. The largest absolute Gasteiger partial charge is 0.497 e.